The number of rotatable bonds is 3. The number of hydrogen-bond donors (Lipinski definition) is 0. The number of amides is 1. The van der Waals surface area contributed by atoms with E-state index in [1.54, 1.807) is 29.6 Å². The van der Waals surface area contributed by atoms with E-state index in [4.69, 9.17) is 26.1 Å². The van der Waals surface area contributed by atoms with Crippen molar-refractivity contribution in [3.8, 4) is 11.5 Å². The standard InChI is InChI=1S/C23H21ClN2O3S/c24-16-13-15(14-19-22(16)29-12-4-11-28-19)8-9-21(27)26-10-3-6-18(26)23-25-17-5-1-2-7-20(17)30-23/h1-2,5,7-9,13-14,18H,3-4,6,10-12H2. The molecule has 154 valence electrons. The molecule has 1 saturated heterocycles. The summed E-state index contributed by atoms with van der Waals surface area (Å²) in [5.74, 6) is 1.19. The van der Waals surface area contributed by atoms with Gasteiger partial charge in [0.15, 0.2) is 11.5 Å². The van der Waals surface area contributed by atoms with Crippen molar-refractivity contribution in [3.05, 3.63) is 58.1 Å². The molecule has 0 radical (unpaired) electrons. The van der Waals surface area contributed by atoms with E-state index in [1.165, 1.54) is 0 Å². The lowest BCUT2D eigenvalue weighted by atomic mass is 10.1. The Morgan fingerprint density at radius 2 is 2.07 bits per heavy atom. The monoisotopic (exact) mass is 440 g/mol. The molecule has 1 unspecified atom stereocenters. The number of carbonyl (C=O) groups is 1. The van der Waals surface area contributed by atoms with Gasteiger partial charge in [-0.1, -0.05) is 23.7 Å². The summed E-state index contributed by atoms with van der Waals surface area (Å²) in [5.41, 5.74) is 1.81. The van der Waals surface area contributed by atoms with E-state index in [-0.39, 0.29) is 11.9 Å². The van der Waals surface area contributed by atoms with Gasteiger partial charge in [0, 0.05) is 19.0 Å². The summed E-state index contributed by atoms with van der Waals surface area (Å²) in [6.45, 7) is 1.92. The van der Waals surface area contributed by atoms with Crippen LogP contribution < -0.4 is 9.47 Å². The van der Waals surface area contributed by atoms with Crippen LogP contribution in [0.25, 0.3) is 16.3 Å². The highest BCUT2D eigenvalue weighted by Gasteiger charge is 2.31. The first-order valence-corrected chi connectivity index (χ1v) is 11.3. The molecule has 7 heteroatoms. The van der Waals surface area contributed by atoms with Crippen LogP contribution in [-0.4, -0.2) is 35.5 Å². The maximum absolute atomic E-state index is 13.0. The van der Waals surface area contributed by atoms with Crippen LogP contribution in [0.4, 0.5) is 0 Å². The molecular formula is C23H21ClN2O3S. The number of nitrogens with zero attached hydrogens (tertiary/aromatic N) is 2. The lowest BCUT2D eigenvalue weighted by Crippen LogP contribution is -2.28. The summed E-state index contributed by atoms with van der Waals surface area (Å²) in [5, 5.41) is 1.50. The van der Waals surface area contributed by atoms with Crippen LogP contribution in [0.2, 0.25) is 5.02 Å². The first-order valence-electron chi connectivity index (χ1n) is 10.1. The second kappa shape index (κ2) is 8.28. The van der Waals surface area contributed by atoms with E-state index in [0.717, 1.165) is 46.6 Å². The number of likely N-dealkylation sites (tertiary alicyclic amines) is 1. The summed E-state index contributed by atoms with van der Waals surface area (Å²) in [6.07, 6.45) is 6.14. The molecule has 0 bridgehead atoms. The van der Waals surface area contributed by atoms with Crippen molar-refractivity contribution in [3.63, 3.8) is 0 Å². The predicted molar refractivity (Wildman–Crippen MR) is 119 cm³/mol. The van der Waals surface area contributed by atoms with Gasteiger partial charge in [0.1, 0.15) is 5.01 Å². The number of para-hydroxylation sites is 1. The molecule has 1 aromatic heterocycles. The fraction of sp³-hybridized carbons (Fsp3) is 0.304. The highest BCUT2D eigenvalue weighted by atomic mass is 35.5. The highest BCUT2D eigenvalue weighted by Crippen LogP contribution is 2.39. The average Bonchev–Trinajstić information content (AvgIpc) is 3.33. The van der Waals surface area contributed by atoms with Crippen LogP contribution in [-0.2, 0) is 4.79 Å². The van der Waals surface area contributed by atoms with Gasteiger partial charge in [-0.05, 0) is 48.7 Å². The van der Waals surface area contributed by atoms with E-state index >= 15 is 0 Å². The van der Waals surface area contributed by atoms with Gasteiger partial charge in [0.2, 0.25) is 5.91 Å². The maximum Gasteiger partial charge on any atom is 0.247 e. The Hall–Kier alpha value is -2.57. The van der Waals surface area contributed by atoms with Crippen molar-refractivity contribution in [2.24, 2.45) is 0 Å². The van der Waals surface area contributed by atoms with Gasteiger partial charge in [-0.15, -0.1) is 11.3 Å². The normalized spacial score (nSPS) is 18.8. The number of ether oxygens (including phenoxy) is 2. The van der Waals surface area contributed by atoms with Gasteiger partial charge in [0.25, 0.3) is 0 Å². The quantitative estimate of drug-likeness (QED) is 0.505. The number of carbonyl (C=O) groups excluding carboxylic acids is 1. The minimum absolute atomic E-state index is 0.0139. The molecule has 0 aliphatic carbocycles. The molecule has 0 N–H and O–H groups in total. The fourth-order valence-corrected chi connectivity index (χ4v) is 5.32. The third-order valence-corrected chi connectivity index (χ3v) is 6.79. The zero-order valence-corrected chi connectivity index (χ0v) is 17.9. The first-order chi connectivity index (χ1) is 14.7. The van der Waals surface area contributed by atoms with Gasteiger partial charge in [-0.3, -0.25) is 4.79 Å². The van der Waals surface area contributed by atoms with Gasteiger partial charge < -0.3 is 14.4 Å². The molecule has 30 heavy (non-hydrogen) atoms. The van der Waals surface area contributed by atoms with Crippen molar-refractivity contribution in [1.29, 1.82) is 0 Å². The predicted octanol–water partition coefficient (Wildman–Crippen LogP) is 5.49. The molecular weight excluding hydrogens is 420 g/mol. The van der Waals surface area contributed by atoms with Gasteiger partial charge in [-0.25, -0.2) is 4.98 Å². The zero-order valence-electron chi connectivity index (χ0n) is 16.3. The van der Waals surface area contributed by atoms with Crippen LogP contribution in [0, 0.1) is 0 Å². The van der Waals surface area contributed by atoms with Crippen LogP contribution in [0.1, 0.15) is 35.9 Å². The number of hydrogen-bond acceptors (Lipinski definition) is 5. The molecule has 5 nitrogen and oxygen atoms in total. The van der Waals surface area contributed by atoms with Crippen molar-refractivity contribution in [2.45, 2.75) is 25.3 Å². The molecule has 1 fully saturated rings. The highest BCUT2D eigenvalue weighted by molar-refractivity contribution is 7.18. The van der Waals surface area contributed by atoms with E-state index in [0.29, 0.717) is 29.7 Å². The second-order valence-corrected chi connectivity index (χ2v) is 8.89. The summed E-state index contributed by atoms with van der Waals surface area (Å²) in [7, 11) is 0. The van der Waals surface area contributed by atoms with Crippen molar-refractivity contribution < 1.29 is 14.3 Å². The Morgan fingerprint density at radius 3 is 2.97 bits per heavy atom. The molecule has 3 aromatic rings. The zero-order chi connectivity index (χ0) is 20.5. The molecule has 0 saturated carbocycles. The Balaban J connectivity index is 1.36. The van der Waals surface area contributed by atoms with Crippen LogP contribution in [0.3, 0.4) is 0 Å². The molecule has 2 aromatic carbocycles. The smallest absolute Gasteiger partial charge is 0.247 e. The molecule has 1 atom stereocenters. The number of thiazole rings is 1. The SMILES string of the molecule is O=C(C=Cc1cc(Cl)c2c(c1)OCCCO2)N1CCCC1c1nc2ccccc2s1. The summed E-state index contributed by atoms with van der Waals surface area (Å²) < 4.78 is 12.6. The topological polar surface area (TPSA) is 51.7 Å². The minimum atomic E-state index is -0.0139. The average molecular weight is 441 g/mol. The molecule has 3 heterocycles. The van der Waals surface area contributed by atoms with E-state index in [1.807, 2.05) is 29.2 Å². The number of fused-ring (bicyclic) bond motifs is 2. The van der Waals surface area contributed by atoms with Crippen LogP contribution in [0.5, 0.6) is 11.5 Å². The van der Waals surface area contributed by atoms with Crippen LogP contribution in [0.15, 0.2) is 42.5 Å². The Morgan fingerprint density at radius 1 is 1.20 bits per heavy atom. The van der Waals surface area contributed by atoms with Gasteiger partial charge in [-0.2, -0.15) is 0 Å². The summed E-state index contributed by atoms with van der Waals surface area (Å²) >= 11 is 8.04. The lowest BCUT2D eigenvalue weighted by molar-refractivity contribution is -0.126. The summed E-state index contributed by atoms with van der Waals surface area (Å²) in [4.78, 5) is 19.7. The van der Waals surface area contributed by atoms with E-state index in [2.05, 4.69) is 6.07 Å². The molecule has 2 aliphatic rings. The minimum Gasteiger partial charge on any atom is -0.489 e. The van der Waals surface area contributed by atoms with Crippen LogP contribution >= 0.6 is 22.9 Å². The largest absolute Gasteiger partial charge is 0.489 e. The number of halogens is 1. The molecule has 0 spiro atoms. The Labute approximate surface area is 183 Å². The Bertz CT molecular complexity index is 1090. The van der Waals surface area contributed by atoms with Crippen molar-refractivity contribution in [1.82, 2.24) is 9.88 Å². The third kappa shape index (κ3) is 3.77. The summed E-state index contributed by atoms with van der Waals surface area (Å²) in [6, 6.07) is 11.8. The second-order valence-electron chi connectivity index (χ2n) is 7.42. The maximum atomic E-state index is 13.0. The number of aromatic nitrogens is 1. The van der Waals surface area contributed by atoms with E-state index < -0.39 is 0 Å². The van der Waals surface area contributed by atoms with Crippen molar-refractivity contribution in [2.75, 3.05) is 19.8 Å². The lowest BCUT2D eigenvalue weighted by Gasteiger charge is -2.21. The van der Waals surface area contributed by atoms with Crippen molar-refractivity contribution >= 4 is 45.1 Å². The fourth-order valence-electron chi connectivity index (χ4n) is 3.93. The van der Waals surface area contributed by atoms with E-state index in [9.17, 15) is 4.79 Å². The number of benzene rings is 2. The van der Waals surface area contributed by atoms with Gasteiger partial charge >= 0.3 is 0 Å². The third-order valence-electron chi connectivity index (χ3n) is 5.37. The Kier molecular flexibility index (Phi) is 5.35. The molecule has 1 amide bonds. The first kappa shape index (κ1) is 19.4. The molecule has 2 aliphatic heterocycles. The van der Waals surface area contributed by atoms with Gasteiger partial charge in [0.05, 0.1) is 34.5 Å². The molecule has 5 rings (SSSR count).